The number of halogens is 3. The second-order valence-corrected chi connectivity index (χ2v) is 4.36. The van der Waals surface area contributed by atoms with Gasteiger partial charge in [0.25, 0.3) is 0 Å². The number of hydrogen-bond acceptors (Lipinski definition) is 2. The van der Waals surface area contributed by atoms with Crippen molar-refractivity contribution in [3.05, 3.63) is 51.8 Å². The molecule has 1 aromatic heterocycles. The van der Waals surface area contributed by atoms with E-state index in [9.17, 15) is 4.39 Å². The lowest BCUT2D eigenvalue weighted by Gasteiger charge is -2.06. The van der Waals surface area contributed by atoms with Crippen molar-refractivity contribution in [1.29, 1.82) is 0 Å². The smallest absolute Gasteiger partial charge is 0.214 e. The summed E-state index contributed by atoms with van der Waals surface area (Å²) in [5.74, 6) is -0.0627. The SMILES string of the molecule is Fc1cccc(Nc2ccc(Cl)c(Br)c2)n1. The molecule has 0 aliphatic carbocycles. The quantitative estimate of drug-likeness (QED) is 0.833. The average molecular weight is 302 g/mol. The number of aromatic nitrogens is 1. The highest BCUT2D eigenvalue weighted by Gasteiger charge is 2.01. The fraction of sp³-hybridized carbons (Fsp3) is 0. The molecule has 0 spiro atoms. The Labute approximate surface area is 106 Å². The molecule has 0 saturated heterocycles. The second kappa shape index (κ2) is 4.80. The minimum absolute atomic E-state index is 0.453. The topological polar surface area (TPSA) is 24.9 Å². The van der Waals surface area contributed by atoms with Crippen LogP contribution in [0, 0.1) is 5.95 Å². The Morgan fingerprint density at radius 3 is 2.75 bits per heavy atom. The molecular formula is C11H7BrClFN2. The van der Waals surface area contributed by atoms with Gasteiger partial charge in [-0.05, 0) is 46.3 Å². The lowest BCUT2D eigenvalue weighted by molar-refractivity contribution is 0.585. The summed E-state index contributed by atoms with van der Waals surface area (Å²) in [6.07, 6.45) is 0. The summed E-state index contributed by atoms with van der Waals surface area (Å²) in [7, 11) is 0. The van der Waals surface area contributed by atoms with Crippen LogP contribution in [0.25, 0.3) is 0 Å². The standard InChI is InChI=1S/C11H7BrClFN2/c12-8-6-7(4-5-9(8)13)15-11-3-1-2-10(14)16-11/h1-6H,(H,15,16). The average Bonchev–Trinajstić information content (AvgIpc) is 2.24. The highest BCUT2D eigenvalue weighted by Crippen LogP contribution is 2.26. The van der Waals surface area contributed by atoms with E-state index in [1.54, 1.807) is 30.3 Å². The molecule has 2 nitrogen and oxygen atoms in total. The molecule has 0 aliphatic rings. The molecule has 1 aromatic carbocycles. The van der Waals surface area contributed by atoms with Crippen LogP contribution < -0.4 is 5.32 Å². The van der Waals surface area contributed by atoms with Gasteiger partial charge in [0.1, 0.15) is 5.82 Å². The van der Waals surface area contributed by atoms with Crippen molar-refractivity contribution < 1.29 is 4.39 Å². The maximum atomic E-state index is 12.8. The number of benzene rings is 1. The Kier molecular flexibility index (Phi) is 3.41. The Bertz CT molecular complexity index is 519. The van der Waals surface area contributed by atoms with Crippen molar-refractivity contribution in [3.8, 4) is 0 Å². The van der Waals surface area contributed by atoms with Gasteiger partial charge in [-0.3, -0.25) is 0 Å². The number of hydrogen-bond donors (Lipinski definition) is 1. The van der Waals surface area contributed by atoms with Crippen LogP contribution in [0.2, 0.25) is 5.02 Å². The molecular weight excluding hydrogens is 294 g/mol. The predicted octanol–water partition coefficient (Wildman–Crippen LogP) is 4.38. The molecule has 0 fully saturated rings. The van der Waals surface area contributed by atoms with Gasteiger partial charge in [-0.1, -0.05) is 17.7 Å². The van der Waals surface area contributed by atoms with Crippen LogP contribution in [-0.2, 0) is 0 Å². The van der Waals surface area contributed by atoms with Crippen LogP contribution in [0.15, 0.2) is 40.9 Å². The summed E-state index contributed by atoms with van der Waals surface area (Å²) in [6, 6.07) is 9.91. The van der Waals surface area contributed by atoms with Crippen molar-refractivity contribution in [3.63, 3.8) is 0 Å². The lowest BCUT2D eigenvalue weighted by Crippen LogP contribution is -1.94. The Morgan fingerprint density at radius 1 is 1.25 bits per heavy atom. The third-order valence-electron chi connectivity index (χ3n) is 1.91. The molecule has 1 N–H and O–H groups in total. The number of pyridine rings is 1. The molecule has 82 valence electrons. The van der Waals surface area contributed by atoms with Gasteiger partial charge < -0.3 is 5.32 Å². The van der Waals surface area contributed by atoms with E-state index in [2.05, 4.69) is 26.2 Å². The van der Waals surface area contributed by atoms with Crippen LogP contribution >= 0.6 is 27.5 Å². The van der Waals surface area contributed by atoms with Gasteiger partial charge in [0.2, 0.25) is 5.95 Å². The molecule has 5 heteroatoms. The van der Waals surface area contributed by atoms with Crippen LogP contribution in [-0.4, -0.2) is 4.98 Å². The van der Waals surface area contributed by atoms with Gasteiger partial charge in [0, 0.05) is 10.2 Å². The fourth-order valence-electron chi connectivity index (χ4n) is 1.20. The zero-order chi connectivity index (χ0) is 11.5. The summed E-state index contributed by atoms with van der Waals surface area (Å²) in [5, 5.41) is 3.60. The number of anilines is 2. The van der Waals surface area contributed by atoms with E-state index in [1.165, 1.54) is 6.07 Å². The molecule has 16 heavy (non-hydrogen) atoms. The van der Waals surface area contributed by atoms with Crippen LogP contribution in [0.3, 0.4) is 0 Å². The molecule has 0 atom stereocenters. The fourth-order valence-corrected chi connectivity index (χ4v) is 1.70. The minimum atomic E-state index is -0.516. The summed E-state index contributed by atoms with van der Waals surface area (Å²) < 4.78 is 13.6. The van der Waals surface area contributed by atoms with Gasteiger partial charge in [0.05, 0.1) is 5.02 Å². The molecule has 0 aliphatic heterocycles. The summed E-state index contributed by atoms with van der Waals surface area (Å²) in [4.78, 5) is 3.69. The Morgan fingerprint density at radius 2 is 2.06 bits per heavy atom. The summed E-state index contributed by atoms with van der Waals surface area (Å²) in [6.45, 7) is 0. The summed E-state index contributed by atoms with van der Waals surface area (Å²) >= 11 is 9.17. The molecule has 0 saturated carbocycles. The molecule has 2 aromatic rings. The third-order valence-corrected chi connectivity index (χ3v) is 3.12. The normalized spacial score (nSPS) is 10.2. The first-order valence-corrected chi connectivity index (χ1v) is 5.67. The third kappa shape index (κ3) is 2.71. The number of nitrogens with one attached hydrogen (secondary N) is 1. The molecule has 0 unspecified atom stereocenters. The van der Waals surface area contributed by atoms with Crippen molar-refractivity contribution in [2.45, 2.75) is 0 Å². The van der Waals surface area contributed by atoms with Crippen LogP contribution in [0.4, 0.5) is 15.9 Å². The van der Waals surface area contributed by atoms with Crippen molar-refractivity contribution in [1.82, 2.24) is 4.98 Å². The summed E-state index contributed by atoms with van der Waals surface area (Å²) in [5.41, 5.74) is 0.786. The zero-order valence-electron chi connectivity index (χ0n) is 8.05. The number of nitrogens with zero attached hydrogens (tertiary/aromatic N) is 1. The van der Waals surface area contributed by atoms with Crippen LogP contribution in [0.1, 0.15) is 0 Å². The zero-order valence-corrected chi connectivity index (χ0v) is 10.4. The van der Waals surface area contributed by atoms with E-state index in [0.717, 1.165) is 10.2 Å². The minimum Gasteiger partial charge on any atom is -0.340 e. The van der Waals surface area contributed by atoms with Gasteiger partial charge in [-0.15, -0.1) is 0 Å². The van der Waals surface area contributed by atoms with E-state index in [-0.39, 0.29) is 0 Å². The largest absolute Gasteiger partial charge is 0.340 e. The van der Waals surface area contributed by atoms with E-state index in [1.807, 2.05) is 0 Å². The van der Waals surface area contributed by atoms with Gasteiger partial charge in [-0.25, -0.2) is 4.98 Å². The Balaban J connectivity index is 2.24. The first-order valence-electron chi connectivity index (χ1n) is 4.50. The van der Waals surface area contributed by atoms with Crippen molar-refractivity contribution in [2.75, 3.05) is 5.32 Å². The van der Waals surface area contributed by atoms with E-state index in [0.29, 0.717) is 10.8 Å². The van der Waals surface area contributed by atoms with E-state index >= 15 is 0 Å². The van der Waals surface area contributed by atoms with E-state index in [4.69, 9.17) is 11.6 Å². The Hall–Kier alpha value is -1.13. The highest BCUT2D eigenvalue weighted by atomic mass is 79.9. The molecule has 0 bridgehead atoms. The molecule has 0 radical (unpaired) electrons. The lowest BCUT2D eigenvalue weighted by atomic mass is 10.3. The first-order chi connectivity index (χ1) is 7.65. The second-order valence-electron chi connectivity index (χ2n) is 3.10. The van der Waals surface area contributed by atoms with Gasteiger partial charge >= 0.3 is 0 Å². The highest BCUT2D eigenvalue weighted by molar-refractivity contribution is 9.10. The maximum absolute atomic E-state index is 12.8. The van der Waals surface area contributed by atoms with Crippen molar-refractivity contribution >= 4 is 39.0 Å². The first kappa shape index (κ1) is 11.4. The monoisotopic (exact) mass is 300 g/mol. The van der Waals surface area contributed by atoms with Crippen LogP contribution in [0.5, 0.6) is 0 Å². The number of rotatable bonds is 2. The predicted molar refractivity (Wildman–Crippen MR) is 66.6 cm³/mol. The molecule has 0 amide bonds. The van der Waals surface area contributed by atoms with Gasteiger partial charge in [-0.2, -0.15) is 4.39 Å². The van der Waals surface area contributed by atoms with Gasteiger partial charge in [0.15, 0.2) is 0 Å². The van der Waals surface area contributed by atoms with Crippen molar-refractivity contribution in [2.24, 2.45) is 0 Å². The molecule has 2 rings (SSSR count). The maximum Gasteiger partial charge on any atom is 0.214 e. The molecule has 1 heterocycles. The van der Waals surface area contributed by atoms with E-state index < -0.39 is 5.95 Å².